The molecule has 0 fully saturated rings. The second-order valence-corrected chi connectivity index (χ2v) is 18.2. The van der Waals surface area contributed by atoms with Crippen molar-refractivity contribution in [3.8, 4) is 5.75 Å². The van der Waals surface area contributed by atoms with Crippen molar-refractivity contribution in [2.45, 2.75) is 115 Å². The molecule has 2 aromatic carbocycles. The van der Waals surface area contributed by atoms with Crippen LogP contribution in [-0.4, -0.2) is 141 Å². The number of nitrogens with two attached hydrogens (primary N) is 6. The van der Waals surface area contributed by atoms with Gasteiger partial charge in [0.2, 0.25) is 47.3 Å². The molecule has 0 aliphatic carbocycles. The lowest BCUT2D eigenvalue weighted by Crippen LogP contribution is -2.59. The second kappa shape index (κ2) is 31.7. The van der Waals surface area contributed by atoms with E-state index in [9.17, 15) is 38.4 Å². The minimum atomic E-state index is -1.30. The van der Waals surface area contributed by atoms with Crippen LogP contribution in [0.4, 0.5) is 0 Å². The normalized spacial score (nSPS) is 13.4. The molecule has 0 saturated carbocycles. The maximum Gasteiger partial charge on any atom is 0.243 e. The van der Waals surface area contributed by atoms with Gasteiger partial charge in [-0.15, -0.1) is 0 Å². The highest BCUT2D eigenvalue weighted by Gasteiger charge is 2.34. The van der Waals surface area contributed by atoms with Crippen LogP contribution in [0.2, 0.25) is 0 Å². The molecule has 24 nitrogen and oxygen atoms in total. The summed E-state index contributed by atoms with van der Waals surface area (Å²) in [6.07, 6.45) is 0.988. The van der Waals surface area contributed by atoms with E-state index in [2.05, 4.69) is 41.9 Å². The van der Waals surface area contributed by atoms with Crippen LogP contribution in [0.1, 0.15) is 77.3 Å². The first-order valence-corrected chi connectivity index (χ1v) is 23.8. The number of guanidine groups is 2. The molecular formula is C48H77N15O9. The summed E-state index contributed by atoms with van der Waals surface area (Å²) in [5, 5.41) is 15.8. The Morgan fingerprint density at radius 3 is 1.54 bits per heavy atom. The maximum atomic E-state index is 14.4. The van der Waals surface area contributed by atoms with E-state index in [1.807, 2.05) is 27.7 Å². The maximum absolute atomic E-state index is 14.4. The number of hydrogen-bond acceptors (Lipinski definition) is 12. The summed E-state index contributed by atoms with van der Waals surface area (Å²) < 4.78 is 5.15. The van der Waals surface area contributed by atoms with Gasteiger partial charge in [-0.25, -0.2) is 0 Å². The third kappa shape index (κ3) is 23.4. The average Bonchev–Trinajstić information content (AvgIpc) is 3.32. The number of aliphatic imine (C=N–C) groups is 2. The van der Waals surface area contributed by atoms with Crippen molar-refractivity contribution >= 4 is 59.2 Å². The Balaban J connectivity index is 2.32. The van der Waals surface area contributed by atoms with Crippen molar-refractivity contribution in [3.05, 3.63) is 65.7 Å². The van der Waals surface area contributed by atoms with Crippen molar-refractivity contribution < 1.29 is 43.1 Å². The zero-order valence-electron chi connectivity index (χ0n) is 42.3. The smallest absolute Gasteiger partial charge is 0.243 e. The first-order chi connectivity index (χ1) is 34.0. The lowest BCUT2D eigenvalue weighted by Gasteiger charge is -2.30. The number of methoxy groups -OCH3 is 1. The largest absolute Gasteiger partial charge is 0.497 e. The molecule has 24 heteroatoms. The van der Waals surface area contributed by atoms with Crippen LogP contribution in [-0.2, 0) is 51.2 Å². The second-order valence-electron chi connectivity index (χ2n) is 18.2. The summed E-state index contributed by atoms with van der Waals surface area (Å²) in [7, 11) is 2.92. The van der Waals surface area contributed by atoms with Gasteiger partial charge in [-0.05, 0) is 80.0 Å². The van der Waals surface area contributed by atoms with Crippen LogP contribution >= 0.6 is 0 Å². The quantitative estimate of drug-likeness (QED) is 0.0205. The van der Waals surface area contributed by atoms with Crippen LogP contribution in [0.25, 0.3) is 0 Å². The summed E-state index contributed by atoms with van der Waals surface area (Å²) in [5.74, 6) is -5.52. The van der Waals surface area contributed by atoms with Crippen molar-refractivity contribution in [1.29, 1.82) is 0 Å². The van der Waals surface area contributed by atoms with Gasteiger partial charge >= 0.3 is 0 Å². The number of primary amides is 1. The van der Waals surface area contributed by atoms with Crippen molar-refractivity contribution in [2.75, 3.05) is 40.3 Å². The number of nitrogens with zero attached hydrogens (tertiary/aromatic N) is 3. The van der Waals surface area contributed by atoms with Gasteiger partial charge in [-0.1, -0.05) is 70.2 Å². The van der Waals surface area contributed by atoms with Gasteiger partial charge < -0.3 is 75.9 Å². The molecule has 0 unspecified atom stereocenters. The van der Waals surface area contributed by atoms with Crippen molar-refractivity contribution in [3.63, 3.8) is 0 Å². The molecule has 0 bridgehead atoms. The minimum Gasteiger partial charge on any atom is -0.497 e. The topological polar surface area (TPSA) is 402 Å². The van der Waals surface area contributed by atoms with Crippen LogP contribution in [0.5, 0.6) is 5.75 Å². The fourth-order valence-corrected chi connectivity index (χ4v) is 7.23. The summed E-state index contributed by atoms with van der Waals surface area (Å²) in [5.41, 5.74) is 35.1. The van der Waals surface area contributed by atoms with Crippen molar-refractivity contribution in [1.82, 2.24) is 36.8 Å². The van der Waals surface area contributed by atoms with Crippen LogP contribution in [0.15, 0.2) is 64.6 Å². The zero-order chi connectivity index (χ0) is 53.9. The number of hydrogen-bond donors (Lipinski definition) is 12. The molecule has 8 amide bonds. The predicted octanol–water partition coefficient (Wildman–Crippen LogP) is -2.51. The molecular weight excluding hydrogens is 931 g/mol. The van der Waals surface area contributed by atoms with E-state index in [1.54, 1.807) is 54.6 Å². The number of benzene rings is 2. The molecule has 18 N–H and O–H groups in total. The minimum absolute atomic E-state index is 0.0112. The highest BCUT2D eigenvalue weighted by molar-refractivity contribution is 5.97. The number of carbonyl (C=O) groups is 8. The number of likely N-dealkylation sites (N-methyl/N-ethyl adjacent to an activating group) is 1. The van der Waals surface area contributed by atoms with E-state index < -0.39 is 96.6 Å². The molecule has 0 aromatic heterocycles. The van der Waals surface area contributed by atoms with Gasteiger partial charge in [0.05, 0.1) is 26.2 Å². The van der Waals surface area contributed by atoms with Crippen LogP contribution in [0.3, 0.4) is 0 Å². The van der Waals surface area contributed by atoms with E-state index in [0.29, 0.717) is 11.3 Å². The molecule has 6 atom stereocenters. The van der Waals surface area contributed by atoms with E-state index in [-0.39, 0.29) is 88.2 Å². The average molecular weight is 1010 g/mol. The van der Waals surface area contributed by atoms with E-state index >= 15 is 0 Å². The Morgan fingerprint density at radius 2 is 1.06 bits per heavy atom. The molecule has 0 heterocycles. The third-order valence-electron chi connectivity index (χ3n) is 11.1. The lowest BCUT2D eigenvalue weighted by molar-refractivity contribution is -0.140. The van der Waals surface area contributed by atoms with Crippen LogP contribution < -0.4 is 71.0 Å². The standard InChI is InChI=1S/C48H77N15O9/c1-28(2)22-36(41(50)66)61-44(69)35(15-11-21-56-48(53)54)59-43(68)34(14-10-20-55-47(51)52)60-45(70)37(23-29(3)4)62-46(71)38(25-30-12-8-7-9-13-30)63(5)40(65)27-57-39(64)26-58-42(67)33(49)24-31-16-18-32(72-6)19-17-31/h7-9,12-13,16-19,28-29,33-38H,10-11,14-15,20-27,49H2,1-6H3,(H2,50,66)(H,57,64)(H,58,67)(H,59,68)(H,60,70)(H,61,69)(H,62,71)(H4,51,52,55)(H4,53,54,56)/t33-,34-,35-,36+,37-,38-/m0/s1. The highest BCUT2D eigenvalue weighted by Crippen LogP contribution is 2.15. The Hall–Kier alpha value is -7.50. The Bertz CT molecular complexity index is 2150. The van der Waals surface area contributed by atoms with Gasteiger partial charge in [0, 0.05) is 26.6 Å². The first-order valence-electron chi connectivity index (χ1n) is 23.8. The molecule has 398 valence electrons. The molecule has 0 saturated heterocycles. The number of amides is 8. The third-order valence-corrected chi connectivity index (χ3v) is 11.1. The molecule has 0 aliphatic rings. The molecule has 0 aliphatic heterocycles. The number of rotatable bonds is 32. The van der Waals surface area contributed by atoms with Gasteiger partial charge in [-0.2, -0.15) is 0 Å². The van der Waals surface area contributed by atoms with Crippen molar-refractivity contribution in [2.24, 2.45) is 56.2 Å². The van der Waals surface area contributed by atoms with Gasteiger partial charge in [0.15, 0.2) is 11.9 Å². The SMILES string of the molecule is COc1ccc(C[C@H](N)C(=O)NCC(=O)NCC(=O)N(C)[C@@H](Cc2ccccc2)C(=O)N[C@@H](CC(C)C)C(=O)N[C@@H](CCCN=C(N)N)C(=O)N[C@@H](CCCN=C(N)N)C(=O)N[C@H](CC(C)C)C(N)=O)cc1. The number of carbonyl (C=O) groups excluding carboxylic acids is 8. The summed E-state index contributed by atoms with van der Waals surface area (Å²) in [6.45, 7) is 6.54. The predicted molar refractivity (Wildman–Crippen MR) is 273 cm³/mol. The molecule has 2 rings (SSSR count). The zero-order valence-corrected chi connectivity index (χ0v) is 42.3. The first kappa shape index (κ1) is 60.6. The van der Waals surface area contributed by atoms with E-state index in [1.165, 1.54) is 14.2 Å². The Morgan fingerprint density at radius 1 is 0.583 bits per heavy atom. The molecule has 72 heavy (non-hydrogen) atoms. The van der Waals surface area contributed by atoms with Gasteiger partial charge in [-0.3, -0.25) is 48.3 Å². The van der Waals surface area contributed by atoms with Gasteiger partial charge in [0.25, 0.3) is 0 Å². The van der Waals surface area contributed by atoms with E-state index in [0.717, 1.165) is 10.5 Å². The van der Waals surface area contributed by atoms with Gasteiger partial charge in [0.1, 0.15) is 36.0 Å². The monoisotopic (exact) mass is 1010 g/mol. The summed E-state index contributed by atoms with van der Waals surface area (Å²) in [4.78, 5) is 117. The Labute approximate surface area is 421 Å². The molecule has 0 spiro atoms. The fourth-order valence-electron chi connectivity index (χ4n) is 7.23. The molecule has 2 aromatic rings. The van der Waals surface area contributed by atoms with Crippen LogP contribution in [0, 0.1) is 11.8 Å². The number of ether oxygens (including phenoxy) is 1. The highest BCUT2D eigenvalue weighted by atomic mass is 16.5. The Kier molecular flexibility index (Phi) is 26.7. The summed E-state index contributed by atoms with van der Waals surface area (Å²) >= 11 is 0. The molecule has 0 radical (unpaired) electrons. The number of nitrogens with one attached hydrogen (secondary N) is 6. The summed E-state index contributed by atoms with van der Waals surface area (Å²) in [6, 6.07) is 8.88. The van der Waals surface area contributed by atoms with E-state index in [4.69, 9.17) is 39.1 Å². The lowest BCUT2D eigenvalue weighted by atomic mass is 9.99. The fraction of sp³-hybridized carbons (Fsp3) is 0.542.